The van der Waals surface area contributed by atoms with Gasteiger partial charge in [0.1, 0.15) is 5.55 Å². The van der Waals surface area contributed by atoms with Gasteiger partial charge in [-0.2, -0.15) is 0 Å². The smallest absolute Gasteiger partial charge is 0.195 e. The molecular formula is C23H23NO3S. The van der Waals surface area contributed by atoms with Crippen molar-refractivity contribution in [3.63, 3.8) is 0 Å². The van der Waals surface area contributed by atoms with E-state index in [1.807, 2.05) is 48.5 Å². The van der Waals surface area contributed by atoms with Gasteiger partial charge in [0.05, 0.1) is 10.9 Å². The first-order chi connectivity index (χ1) is 13.5. The predicted molar refractivity (Wildman–Crippen MR) is 114 cm³/mol. The third-order valence-electron chi connectivity index (χ3n) is 5.49. The molecule has 2 aromatic carbocycles. The van der Waals surface area contributed by atoms with Crippen LogP contribution in [0.2, 0.25) is 0 Å². The molecule has 0 spiro atoms. The van der Waals surface area contributed by atoms with Crippen LogP contribution in [0.1, 0.15) is 35.6 Å². The lowest BCUT2D eigenvalue weighted by Crippen LogP contribution is -2.24. The Labute approximate surface area is 165 Å². The Balaban J connectivity index is 1.57. The number of benzene rings is 2. The maximum Gasteiger partial charge on any atom is 0.195 e. The fourth-order valence-electron chi connectivity index (χ4n) is 3.98. The van der Waals surface area contributed by atoms with Gasteiger partial charge in [-0.15, -0.1) is 0 Å². The number of nitrogens with zero attached hydrogens (tertiary/aromatic N) is 1. The minimum atomic E-state index is -3.50. The van der Waals surface area contributed by atoms with Crippen molar-refractivity contribution in [3.8, 4) is 0 Å². The molecule has 4 nitrogen and oxygen atoms in total. The van der Waals surface area contributed by atoms with Gasteiger partial charge < -0.3 is 5.11 Å². The largest absolute Gasteiger partial charge is 0.396 e. The summed E-state index contributed by atoms with van der Waals surface area (Å²) in [5.74, 6) is 0. The number of aliphatic hydroxyl groups excluding tert-OH is 1. The molecule has 1 unspecified atom stereocenters. The number of fused-ring (bicyclic) bond motifs is 2. The van der Waals surface area contributed by atoms with Crippen LogP contribution in [-0.4, -0.2) is 30.9 Å². The van der Waals surface area contributed by atoms with Gasteiger partial charge in [0.2, 0.25) is 0 Å². The van der Waals surface area contributed by atoms with E-state index in [1.165, 1.54) is 11.1 Å². The van der Waals surface area contributed by atoms with Crippen LogP contribution in [-0.2, 0) is 22.7 Å². The van der Waals surface area contributed by atoms with Gasteiger partial charge in [0, 0.05) is 6.61 Å². The van der Waals surface area contributed by atoms with Crippen molar-refractivity contribution in [1.82, 2.24) is 0 Å². The molecule has 2 aliphatic rings. The molecule has 0 saturated carbocycles. The normalized spacial score (nSPS) is 18.6. The molecule has 1 N–H and O–H groups in total. The highest BCUT2D eigenvalue weighted by molar-refractivity contribution is 8.05. The summed E-state index contributed by atoms with van der Waals surface area (Å²) in [6.45, 7) is 2.18. The molecule has 1 atom stereocenters. The van der Waals surface area contributed by atoms with Crippen molar-refractivity contribution in [1.29, 1.82) is 0 Å². The molecule has 28 heavy (non-hydrogen) atoms. The zero-order valence-electron chi connectivity index (χ0n) is 15.8. The SMILES string of the molecule is CC1=C(CCO)c2cc(N=CS(=O)(=O)C3C=Cc4ccccc4C3)ccc2C1. The molecule has 2 aromatic rings. The summed E-state index contributed by atoms with van der Waals surface area (Å²) in [4.78, 5) is 4.27. The Kier molecular flexibility index (Phi) is 5.04. The molecule has 144 valence electrons. The zero-order valence-corrected chi connectivity index (χ0v) is 16.6. The van der Waals surface area contributed by atoms with Crippen molar-refractivity contribution in [2.75, 3.05) is 6.61 Å². The van der Waals surface area contributed by atoms with Crippen LogP contribution in [0.25, 0.3) is 11.6 Å². The Bertz CT molecular complexity index is 1110. The van der Waals surface area contributed by atoms with Crippen LogP contribution in [0.4, 0.5) is 5.69 Å². The van der Waals surface area contributed by atoms with Crippen LogP contribution in [0.5, 0.6) is 0 Å². The van der Waals surface area contributed by atoms with E-state index >= 15 is 0 Å². The zero-order chi connectivity index (χ0) is 19.7. The summed E-state index contributed by atoms with van der Waals surface area (Å²) < 4.78 is 25.6. The summed E-state index contributed by atoms with van der Waals surface area (Å²) in [7, 11) is -3.50. The lowest BCUT2D eigenvalue weighted by molar-refractivity contribution is 0.305. The molecule has 4 rings (SSSR count). The number of rotatable bonds is 5. The monoisotopic (exact) mass is 393 g/mol. The van der Waals surface area contributed by atoms with E-state index in [0.29, 0.717) is 18.5 Å². The van der Waals surface area contributed by atoms with E-state index in [0.717, 1.165) is 34.2 Å². The second-order valence-electron chi connectivity index (χ2n) is 7.37. The Morgan fingerprint density at radius 2 is 2.00 bits per heavy atom. The average Bonchev–Trinajstić information content (AvgIpc) is 3.01. The summed E-state index contributed by atoms with van der Waals surface area (Å²) in [5, 5.41) is 8.72. The lowest BCUT2D eigenvalue weighted by atomic mass is 9.97. The van der Waals surface area contributed by atoms with E-state index < -0.39 is 15.1 Å². The third kappa shape index (κ3) is 3.60. The van der Waals surface area contributed by atoms with E-state index in [2.05, 4.69) is 11.9 Å². The molecule has 0 aliphatic heterocycles. The molecule has 0 aromatic heterocycles. The van der Waals surface area contributed by atoms with E-state index in [9.17, 15) is 13.5 Å². The predicted octanol–water partition coefficient (Wildman–Crippen LogP) is 4.11. The topological polar surface area (TPSA) is 66.7 Å². The van der Waals surface area contributed by atoms with Crippen LogP contribution < -0.4 is 0 Å². The third-order valence-corrected chi connectivity index (χ3v) is 7.06. The van der Waals surface area contributed by atoms with Crippen molar-refractivity contribution in [2.45, 2.75) is 31.4 Å². The van der Waals surface area contributed by atoms with Crippen molar-refractivity contribution < 1.29 is 13.5 Å². The van der Waals surface area contributed by atoms with E-state index in [-0.39, 0.29) is 6.61 Å². The maximum atomic E-state index is 12.8. The molecule has 0 amide bonds. The fraction of sp³-hybridized carbons (Fsp3) is 0.261. The Hall–Kier alpha value is -2.50. The van der Waals surface area contributed by atoms with Gasteiger partial charge in [0.25, 0.3) is 0 Å². The number of sulfone groups is 1. The standard InChI is InChI=1S/C23H23NO3S/c1-16-12-19-6-8-20(14-23(19)22(16)10-11-25)24-15-28(26,27)21-9-7-17-4-2-3-5-18(17)13-21/h2-9,14-15,21,25H,10-13H2,1H3. The summed E-state index contributed by atoms with van der Waals surface area (Å²) in [6, 6.07) is 13.6. The first kappa shape index (κ1) is 18.8. The van der Waals surface area contributed by atoms with Crippen molar-refractivity contribution >= 4 is 32.7 Å². The number of hydrogen-bond acceptors (Lipinski definition) is 4. The number of hydrogen-bond donors (Lipinski definition) is 1. The second-order valence-corrected chi connectivity index (χ2v) is 9.37. The van der Waals surface area contributed by atoms with Crippen LogP contribution in [0.3, 0.4) is 0 Å². The minimum Gasteiger partial charge on any atom is -0.396 e. The molecule has 0 bridgehead atoms. The quantitative estimate of drug-likeness (QED) is 0.614. The Morgan fingerprint density at radius 3 is 2.82 bits per heavy atom. The highest BCUT2D eigenvalue weighted by Crippen LogP contribution is 2.36. The minimum absolute atomic E-state index is 0.101. The first-order valence-electron chi connectivity index (χ1n) is 9.45. The van der Waals surface area contributed by atoms with Crippen LogP contribution >= 0.6 is 0 Å². The summed E-state index contributed by atoms with van der Waals surface area (Å²) in [5.41, 5.74) is 8.50. The van der Waals surface area contributed by atoms with Crippen molar-refractivity contribution in [2.24, 2.45) is 4.99 Å². The van der Waals surface area contributed by atoms with Gasteiger partial charge >= 0.3 is 0 Å². The van der Waals surface area contributed by atoms with Crippen LogP contribution in [0, 0.1) is 0 Å². The number of aliphatic hydroxyl groups is 1. The van der Waals surface area contributed by atoms with Gasteiger partial charge in [-0.3, -0.25) is 0 Å². The highest BCUT2D eigenvalue weighted by Gasteiger charge is 2.25. The van der Waals surface area contributed by atoms with Gasteiger partial charge in [-0.25, -0.2) is 13.4 Å². The molecule has 0 heterocycles. The van der Waals surface area contributed by atoms with E-state index in [4.69, 9.17) is 0 Å². The molecule has 0 radical (unpaired) electrons. The highest BCUT2D eigenvalue weighted by atomic mass is 32.2. The molecular weight excluding hydrogens is 370 g/mol. The molecule has 5 heteroatoms. The molecule has 0 saturated heterocycles. The molecule has 2 aliphatic carbocycles. The van der Waals surface area contributed by atoms with Crippen LogP contribution in [0.15, 0.2) is 59.1 Å². The average molecular weight is 394 g/mol. The maximum absolute atomic E-state index is 12.8. The lowest BCUT2D eigenvalue weighted by Gasteiger charge is -2.17. The number of aliphatic imine (C=N–C) groups is 1. The molecule has 0 fully saturated rings. The Morgan fingerprint density at radius 1 is 1.18 bits per heavy atom. The number of allylic oxidation sites excluding steroid dienone is 1. The van der Waals surface area contributed by atoms with E-state index in [1.54, 1.807) is 6.08 Å². The summed E-state index contributed by atoms with van der Waals surface area (Å²) in [6.07, 6.45) is 5.57. The summed E-state index contributed by atoms with van der Waals surface area (Å²) >= 11 is 0. The fourth-order valence-corrected chi connectivity index (χ4v) is 5.11. The van der Waals surface area contributed by atoms with Gasteiger partial charge in [-0.1, -0.05) is 48.1 Å². The van der Waals surface area contributed by atoms with Gasteiger partial charge in [0.15, 0.2) is 9.84 Å². The van der Waals surface area contributed by atoms with Gasteiger partial charge in [-0.05, 0) is 66.1 Å². The van der Waals surface area contributed by atoms with Crippen molar-refractivity contribution in [3.05, 3.63) is 76.4 Å². The first-order valence-corrected chi connectivity index (χ1v) is 11.1. The second kappa shape index (κ2) is 7.49.